The summed E-state index contributed by atoms with van der Waals surface area (Å²) in [7, 11) is -3.30. The molecule has 0 aliphatic carbocycles. The number of benzene rings is 1. The average molecular weight is 412 g/mol. The number of nitrogens with zero attached hydrogens (tertiary/aromatic N) is 2. The summed E-state index contributed by atoms with van der Waals surface area (Å²) in [6, 6.07) is 4.19. The Morgan fingerprint density at radius 3 is 2.92 bits per heavy atom. The Labute approximate surface area is 159 Å². The lowest BCUT2D eigenvalue weighted by atomic mass is 10.2. The number of hydrogen-bond acceptors (Lipinski definition) is 7. The van der Waals surface area contributed by atoms with Crippen molar-refractivity contribution in [2.75, 3.05) is 17.3 Å². The van der Waals surface area contributed by atoms with Gasteiger partial charge in [0, 0.05) is 18.4 Å². The van der Waals surface area contributed by atoms with E-state index in [1.54, 1.807) is 28.8 Å². The van der Waals surface area contributed by atoms with Crippen LogP contribution in [0.2, 0.25) is 0 Å². The molecule has 0 saturated carbocycles. The third-order valence-corrected chi connectivity index (χ3v) is 8.31. The van der Waals surface area contributed by atoms with Crippen LogP contribution in [0, 0.1) is 0 Å². The number of amides is 2. The SMILES string of the molecule is C[C@@]12CCC(=O)N1[C@H](C(=O)Nc1nc3ccc(S(C)(=O)=O)cc3s1)CS2. The Kier molecular flexibility index (Phi) is 4.05. The number of thioether (sulfide) groups is 1. The van der Waals surface area contributed by atoms with Gasteiger partial charge in [-0.15, -0.1) is 11.8 Å². The highest BCUT2D eigenvalue weighted by Crippen LogP contribution is 2.47. The van der Waals surface area contributed by atoms with Gasteiger partial charge in [0.05, 0.1) is 20.0 Å². The summed E-state index contributed by atoms with van der Waals surface area (Å²) in [6.45, 7) is 2.00. The molecule has 2 aliphatic heterocycles. The van der Waals surface area contributed by atoms with Crippen LogP contribution in [0.1, 0.15) is 19.8 Å². The van der Waals surface area contributed by atoms with Gasteiger partial charge in [0.25, 0.3) is 0 Å². The van der Waals surface area contributed by atoms with Gasteiger partial charge in [0.15, 0.2) is 15.0 Å². The third kappa shape index (κ3) is 2.89. The van der Waals surface area contributed by atoms with Gasteiger partial charge in [-0.25, -0.2) is 13.4 Å². The van der Waals surface area contributed by atoms with Crippen LogP contribution in [0.4, 0.5) is 5.13 Å². The van der Waals surface area contributed by atoms with Gasteiger partial charge in [0.1, 0.15) is 6.04 Å². The van der Waals surface area contributed by atoms with Crippen molar-refractivity contribution in [3.05, 3.63) is 18.2 Å². The Morgan fingerprint density at radius 2 is 2.19 bits per heavy atom. The Morgan fingerprint density at radius 1 is 1.42 bits per heavy atom. The number of hydrogen-bond donors (Lipinski definition) is 1. The molecule has 2 aromatic rings. The Balaban J connectivity index is 1.57. The lowest BCUT2D eigenvalue weighted by Gasteiger charge is -2.29. The first-order chi connectivity index (χ1) is 12.2. The number of aromatic nitrogens is 1. The molecule has 0 unspecified atom stereocenters. The van der Waals surface area contributed by atoms with Crippen molar-refractivity contribution in [2.45, 2.75) is 35.6 Å². The van der Waals surface area contributed by atoms with Gasteiger partial charge in [-0.05, 0) is 31.5 Å². The molecule has 2 aliphatic rings. The van der Waals surface area contributed by atoms with Crippen molar-refractivity contribution in [3.8, 4) is 0 Å². The Hall–Kier alpha value is -1.65. The van der Waals surface area contributed by atoms with Crippen LogP contribution in [0.3, 0.4) is 0 Å². The zero-order chi connectivity index (χ0) is 18.7. The summed E-state index contributed by atoms with van der Waals surface area (Å²) in [5.74, 6) is 0.329. The second-order valence-corrected chi connectivity index (χ2v) is 11.2. The minimum absolute atomic E-state index is 0.0137. The van der Waals surface area contributed by atoms with Gasteiger partial charge in [-0.3, -0.25) is 9.59 Å². The second-order valence-electron chi connectivity index (χ2n) is 6.68. The lowest BCUT2D eigenvalue weighted by Crippen LogP contribution is -2.48. The maximum absolute atomic E-state index is 12.7. The van der Waals surface area contributed by atoms with E-state index in [1.165, 1.54) is 17.4 Å². The summed E-state index contributed by atoms with van der Waals surface area (Å²) in [5.41, 5.74) is 0.626. The summed E-state index contributed by atoms with van der Waals surface area (Å²) in [5, 5.41) is 3.20. The fourth-order valence-corrected chi connectivity index (χ4v) is 6.45. The summed E-state index contributed by atoms with van der Waals surface area (Å²) in [6.07, 6.45) is 2.39. The van der Waals surface area contributed by atoms with Crippen LogP contribution in [-0.4, -0.2) is 53.0 Å². The highest BCUT2D eigenvalue weighted by molar-refractivity contribution is 8.01. The molecule has 4 rings (SSSR count). The van der Waals surface area contributed by atoms with Crippen LogP contribution >= 0.6 is 23.1 Å². The molecule has 2 saturated heterocycles. The molecule has 0 bridgehead atoms. The predicted octanol–water partition coefficient (Wildman–Crippen LogP) is 2.09. The van der Waals surface area contributed by atoms with Gasteiger partial charge < -0.3 is 10.2 Å². The number of carbonyl (C=O) groups excluding carboxylic acids is 2. The maximum Gasteiger partial charge on any atom is 0.249 e. The quantitative estimate of drug-likeness (QED) is 0.831. The number of sulfone groups is 1. The minimum Gasteiger partial charge on any atom is -0.315 e. The van der Waals surface area contributed by atoms with Gasteiger partial charge in [-0.1, -0.05) is 11.3 Å². The van der Waals surface area contributed by atoms with Crippen molar-refractivity contribution in [1.82, 2.24) is 9.88 Å². The molecule has 1 aromatic carbocycles. The molecule has 2 amide bonds. The molecule has 10 heteroatoms. The van der Waals surface area contributed by atoms with Crippen LogP contribution in [0.15, 0.2) is 23.1 Å². The molecule has 2 atom stereocenters. The number of anilines is 1. The van der Waals surface area contributed by atoms with E-state index in [1.807, 2.05) is 6.92 Å². The number of fused-ring (bicyclic) bond motifs is 2. The number of nitrogens with one attached hydrogen (secondary N) is 1. The Bertz CT molecular complexity index is 1030. The molecule has 1 N–H and O–H groups in total. The average Bonchev–Trinajstić information content (AvgIpc) is 3.19. The highest BCUT2D eigenvalue weighted by Gasteiger charge is 2.52. The van der Waals surface area contributed by atoms with E-state index in [0.29, 0.717) is 27.5 Å². The van der Waals surface area contributed by atoms with Crippen molar-refractivity contribution < 1.29 is 18.0 Å². The van der Waals surface area contributed by atoms with Crippen LogP contribution in [-0.2, 0) is 19.4 Å². The summed E-state index contributed by atoms with van der Waals surface area (Å²) < 4.78 is 24.0. The molecule has 0 spiro atoms. The molecule has 3 heterocycles. The van der Waals surface area contributed by atoms with Crippen molar-refractivity contribution in [2.24, 2.45) is 0 Å². The summed E-state index contributed by atoms with van der Waals surface area (Å²) >= 11 is 2.86. The number of thiazole rings is 1. The first-order valence-corrected chi connectivity index (χ1v) is 11.7. The van der Waals surface area contributed by atoms with Gasteiger partial charge >= 0.3 is 0 Å². The molecule has 138 valence electrons. The smallest absolute Gasteiger partial charge is 0.249 e. The van der Waals surface area contributed by atoms with Gasteiger partial charge in [0.2, 0.25) is 11.8 Å². The maximum atomic E-state index is 12.7. The zero-order valence-corrected chi connectivity index (χ0v) is 16.6. The standard InChI is InChI=1S/C16H17N3O4S3/c1-16-6-5-13(20)19(16)11(8-24-16)14(21)18-15-17-10-4-3-9(26(2,22)23)7-12(10)25-15/h3-4,7,11H,5-6,8H2,1-2H3,(H,17,18,21)/t11-,16+/m0/s1. The number of rotatable bonds is 3. The van der Waals surface area contributed by atoms with E-state index in [-0.39, 0.29) is 21.6 Å². The molecular weight excluding hydrogens is 394 g/mol. The van der Waals surface area contributed by atoms with E-state index >= 15 is 0 Å². The van der Waals surface area contributed by atoms with Gasteiger partial charge in [-0.2, -0.15) is 0 Å². The molecular formula is C16H17N3O4S3. The highest BCUT2D eigenvalue weighted by atomic mass is 32.2. The van der Waals surface area contributed by atoms with E-state index in [9.17, 15) is 18.0 Å². The third-order valence-electron chi connectivity index (χ3n) is 4.77. The molecule has 2 fully saturated rings. The fourth-order valence-electron chi connectivity index (χ4n) is 3.39. The lowest BCUT2D eigenvalue weighted by molar-refractivity contribution is -0.135. The first-order valence-electron chi connectivity index (χ1n) is 8.05. The van der Waals surface area contributed by atoms with Crippen LogP contribution in [0.5, 0.6) is 0 Å². The van der Waals surface area contributed by atoms with Crippen LogP contribution in [0.25, 0.3) is 10.2 Å². The van der Waals surface area contributed by atoms with Crippen molar-refractivity contribution >= 4 is 60.1 Å². The van der Waals surface area contributed by atoms with Crippen molar-refractivity contribution in [3.63, 3.8) is 0 Å². The molecule has 7 nitrogen and oxygen atoms in total. The largest absolute Gasteiger partial charge is 0.315 e. The summed E-state index contributed by atoms with van der Waals surface area (Å²) in [4.78, 5) is 30.8. The molecule has 26 heavy (non-hydrogen) atoms. The van der Waals surface area contributed by atoms with E-state index in [0.717, 1.165) is 12.7 Å². The zero-order valence-electron chi connectivity index (χ0n) is 14.2. The second kappa shape index (κ2) is 5.93. The van der Waals surface area contributed by atoms with E-state index in [4.69, 9.17) is 0 Å². The molecule has 1 aromatic heterocycles. The van der Waals surface area contributed by atoms with E-state index < -0.39 is 15.9 Å². The molecule has 0 radical (unpaired) electrons. The topological polar surface area (TPSA) is 96.4 Å². The minimum atomic E-state index is -3.30. The number of carbonyl (C=O) groups is 2. The fraction of sp³-hybridized carbons (Fsp3) is 0.438. The van der Waals surface area contributed by atoms with Crippen LogP contribution < -0.4 is 5.32 Å². The monoisotopic (exact) mass is 411 g/mol. The predicted molar refractivity (Wildman–Crippen MR) is 102 cm³/mol. The normalized spacial score (nSPS) is 25.7. The van der Waals surface area contributed by atoms with Crippen molar-refractivity contribution in [1.29, 1.82) is 0 Å². The van der Waals surface area contributed by atoms with E-state index in [2.05, 4.69) is 10.3 Å². The first kappa shape index (κ1) is 17.7.